The summed E-state index contributed by atoms with van der Waals surface area (Å²) in [6, 6.07) is 5.90. The first-order valence-corrected chi connectivity index (χ1v) is 7.86. The molecule has 1 fully saturated rings. The van der Waals surface area contributed by atoms with E-state index < -0.39 is 0 Å². The highest BCUT2D eigenvalue weighted by molar-refractivity contribution is 9.10. The zero-order chi connectivity index (χ0) is 15.6. The highest BCUT2D eigenvalue weighted by Gasteiger charge is 2.31. The van der Waals surface area contributed by atoms with Crippen molar-refractivity contribution >= 4 is 33.4 Å². The number of carbonyl (C=O) groups excluding carboxylic acids is 2. The minimum absolute atomic E-state index is 0.188. The minimum atomic E-state index is -0.365. The summed E-state index contributed by atoms with van der Waals surface area (Å²) >= 11 is 3.56. The third-order valence-electron chi connectivity index (χ3n) is 3.72. The SMILES string of the molecule is CCNC(C)c1ccc(N2CC(=O)NC(=O)C2C)c(Br)c1. The van der Waals surface area contributed by atoms with Crippen LogP contribution in [0.15, 0.2) is 22.7 Å². The van der Waals surface area contributed by atoms with Gasteiger partial charge in [0.25, 0.3) is 0 Å². The Morgan fingerprint density at radius 1 is 1.48 bits per heavy atom. The average Bonchev–Trinajstić information content (AvgIpc) is 2.43. The second kappa shape index (κ2) is 6.58. The summed E-state index contributed by atoms with van der Waals surface area (Å²) in [5.41, 5.74) is 2.02. The molecule has 1 aromatic rings. The number of halogens is 1. The molecule has 0 aliphatic carbocycles. The second-order valence-electron chi connectivity index (χ2n) is 5.21. The van der Waals surface area contributed by atoms with Crippen LogP contribution in [0.1, 0.15) is 32.4 Å². The van der Waals surface area contributed by atoms with E-state index in [1.54, 1.807) is 6.92 Å². The first kappa shape index (κ1) is 16.0. The van der Waals surface area contributed by atoms with Gasteiger partial charge in [-0.1, -0.05) is 13.0 Å². The molecule has 0 saturated carbocycles. The molecule has 1 aliphatic heterocycles. The lowest BCUT2D eigenvalue weighted by Gasteiger charge is -2.34. The summed E-state index contributed by atoms with van der Waals surface area (Å²) in [4.78, 5) is 25.1. The highest BCUT2D eigenvalue weighted by Crippen LogP contribution is 2.31. The van der Waals surface area contributed by atoms with Crippen LogP contribution in [-0.2, 0) is 9.59 Å². The smallest absolute Gasteiger partial charge is 0.249 e. The van der Waals surface area contributed by atoms with Crippen LogP contribution in [0.2, 0.25) is 0 Å². The number of hydrogen-bond donors (Lipinski definition) is 2. The van der Waals surface area contributed by atoms with Crippen LogP contribution in [0.3, 0.4) is 0 Å². The van der Waals surface area contributed by atoms with Crippen LogP contribution in [0.5, 0.6) is 0 Å². The molecule has 21 heavy (non-hydrogen) atoms. The molecule has 6 heteroatoms. The van der Waals surface area contributed by atoms with Crippen molar-refractivity contribution < 1.29 is 9.59 Å². The molecule has 1 saturated heterocycles. The first-order valence-electron chi connectivity index (χ1n) is 7.07. The summed E-state index contributed by atoms with van der Waals surface area (Å²) < 4.78 is 0.888. The topological polar surface area (TPSA) is 61.4 Å². The van der Waals surface area contributed by atoms with Gasteiger partial charge in [0.15, 0.2) is 0 Å². The summed E-state index contributed by atoms with van der Waals surface area (Å²) in [5.74, 6) is -0.529. The van der Waals surface area contributed by atoms with Crippen LogP contribution in [0, 0.1) is 0 Å². The fraction of sp³-hybridized carbons (Fsp3) is 0.467. The van der Waals surface area contributed by atoms with Crippen molar-refractivity contribution in [3.8, 4) is 0 Å². The van der Waals surface area contributed by atoms with Gasteiger partial charge in [0.2, 0.25) is 11.8 Å². The zero-order valence-corrected chi connectivity index (χ0v) is 14.0. The number of carbonyl (C=O) groups is 2. The molecule has 0 bridgehead atoms. The van der Waals surface area contributed by atoms with Gasteiger partial charge >= 0.3 is 0 Å². The summed E-state index contributed by atoms with van der Waals surface area (Å²) in [7, 11) is 0. The van der Waals surface area contributed by atoms with Gasteiger partial charge in [-0.05, 0) is 54.0 Å². The Morgan fingerprint density at radius 3 is 2.81 bits per heavy atom. The number of nitrogens with one attached hydrogen (secondary N) is 2. The average molecular weight is 354 g/mol. The quantitative estimate of drug-likeness (QED) is 0.812. The van der Waals surface area contributed by atoms with E-state index in [1.165, 1.54) is 0 Å². The molecule has 114 valence electrons. The summed E-state index contributed by atoms with van der Waals surface area (Å²) in [5, 5.41) is 5.71. The lowest BCUT2D eigenvalue weighted by molar-refractivity contribution is -0.132. The molecule has 2 atom stereocenters. The monoisotopic (exact) mass is 353 g/mol. The zero-order valence-electron chi connectivity index (χ0n) is 12.4. The van der Waals surface area contributed by atoms with Gasteiger partial charge in [-0.25, -0.2) is 0 Å². The minimum Gasteiger partial charge on any atom is -0.350 e. The van der Waals surface area contributed by atoms with Crippen LogP contribution < -0.4 is 15.5 Å². The third-order valence-corrected chi connectivity index (χ3v) is 4.35. The van der Waals surface area contributed by atoms with E-state index in [0.29, 0.717) is 0 Å². The van der Waals surface area contributed by atoms with E-state index >= 15 is 0 Å². The molecular weight excluding hydrogens is 334 g/mol. The van der Waals surface area contributed by atoms with Crippen molar-refractivity contribution in [3.63, 3.8) is 0 Å². The first-order chi connectivity index (χ1) is 9.93. The van der Waals surface area contributed by atoms with Crippen LogP contribution in [0.25, 0.3) is 0 Å². The molecule has 2 rings (SSSR count). The van der Waals surface area contributed by atoms with E-state index in [9.17, 15) is 9.59 Å². The van der Waals surface area contributed by atoms with E-state index in [2.05, 4.69) is 40.4 Å². The van der Waals surface area contributed by atoms with Gasteiger partial charge in [-0.2, -0.15) is 0 Å². The van der Waals surface area contributed by atoms with Crippen LogP contribution >= 0.6 is 15.9 Å². The van der Waals surface area contributed by atoms with Crippen molar-refractivity contribution in [2.75, 3.05) is 18.0 Å². The molecule has 1 aromatic carbocycles. The molecule has 2 N–H and O–H groups in total. The number of nitrogens with zero attached hydrogens (tertiary/aromatic N) is 1. The van der Waals surface area contributed by atoms with Gasteiger partial charge in [0, 0.05) is 10.5 Å². The van der Waals surface area contributed by atoms with Gasteiger partial charge in [0.05, 0.1) is 12.2 Å². The van der Waals surface area contributed by atoms with Gasteiger partial charge in [0.1, 0.15) is 6.04 Å². The molecule has 1 aliphatic rings. The van der Waals surface area contributed by atoms with Crippen molar-refractivity contribution in [1.29, 1.82) is 0 Å². The van der Waals surface area contributed by atoms with E-state index in [4.69, 9.17) is 0 Å². The predicted molar refractivity (Wildman–Crippen MR) is 86.2 cm³/mol. The molecular formula is C15H20BrN3O2. The predicted octanol–water partition coefficient (Wildman–Crippen LogP) is 1.97. The Morgan fingerprint density at radius 2 is 2.19 bits per heavy atom. The lowest BCUT2D eigenvalue weighted by atomic mass is 10.1. The number of piperazine rings is 1. The van der Waals surface area contributed by atoms with Crippen molar-refractivity contribution in [1.82, 2.24) is 10.6 Å². The normalized spacial score (nSPS) is 20.4. The highest BCUT2D eigenvalue weighted by atomic mass is 79.9. The number of benzene rings is 1. The molecule has 2 unspecified atom stereocenters. The lowest BCUT2D eigenvalue weighted by Crippen LogP contribution is -2.57. The van der Waals surface area contributed by atoms with Gasteiger partial charge < -0.3 is 10.2 Å². The maximum absolute atomic E-state index is 11.8. The standard InChI is InChI=1S/C15H20BrN3O2/c1-4-17-9(2)11-5-6-13(12(16)7-11)19-8-14(20)18-15(21)10(19)3/h5-7,9-10,17H,4,8H2,1-3H3,(H,18,20,21). The Labute approximate surface area is 133 Å². The number of hydrogen-bond acceptors (Lipinski definition) is 4. The van der Waals surface area contributed by atoms with E-state index in [1.807, 2.05) is 23.1 Å². The summed E-state index contributed by atoms with van der Waals surface area (Å²) in [6.45, 7) is 7.06. The molecule has 0 radical (unpaired) electrons. The number of amides is 2. The van der Waals surface area contributed by atoms with Crippen molar-refractivity contribution in [3.05, 3.63) is 28.2 Å². The van der Waals surface area contributed by atoms with Crippen molar-refractivity contribution in [2.24, 2.45) is 0 Å². The Hall–Kier alpha value is -1.40. The molecule has 5 nitrogen and oxygen atoms in total. The fourth-order valence-corrected chi connectivity index (χ4v) is 3.08. The van der Waals surface area contributed by atoms with Crippen molar-refractivity contribution in [2.45, 2.75) is 32.9 Å². The molecule has 0 spiro atoms. The molecule has 0 aromatic heterocycles. The fourth-order valence-electron chi connectivity index (χ4n) is 2.46. The number of anilines is 1. The van der Waals surface area contributed by atoms with E-state index in [-0.39, 0.29) is 30.4 Å². The Kier molecular flexibility index (Phi) is 5.00. The number of imide groups is 1. The number of rotatable bonds is 4. The maximum Gasteiger partial charge on any atom is 0.249 e. The van der Waals surface area contributed by atoms with E-state index in [0.717, 1.165) is 22.3 Å². The molecule has 1 heterocycles. The third kappa shape index (κ3) is 3.44. The second-order valence-corrected chi connectivity index (χ2v) is 6.06. The van der Waals surface area contributed by atoms with Gasteiger partial charge in [-0.3, -0.25) is 14.9 Å². The Balaban J connectivity index is 2.28. The Bertz CT molecular complexity index is 562. The largest absolute Gasteiger partial charge is 0.350 e. The van der Waals surface area contributed by atoms with Gasteiger partial charge in [-0.15, -0.1) is 0 Å². The van der Waals surface area contributed by atoms with Crippen LogP contribution in [-0.4, -0.2) is 30.9 Å². The molecule has 2 amide bonds. The maximum atomic E-state index is 11.8. The van der Waals surface area contributed by atoms with Crippen LogP contribution in [0.4, 0.5) is 5.69 Å². The summed E-state index contributed by atoms with van der Waals surface area (Å²) in [6.07, 6.45) is 0.